The molecule has 1 saturated carbocycles. The van der Waals surface area contributed by atoms with Gasteiger partial charge in [-0.2, -0.15) is 0 Å². The first-order chi connectivity index (χ1) is 17.3. The van der Waals surface area contributed by atoms with Gasteiger partial charge in [0.05, 0.1) is 24.0 Å². The summed E-state index contributed by atoms with van der Waals surface area (Å²) < 4.78 is 27.4. The van der Waals surface area contributed by atoms with E-state index in [1.807, 2.05) is 12.1 Å². The molecule has 1 heterocycles. The van der Waals surface area contributed by atoms with Crippen LogP contribution in [-0.2, 0) is 16.8 Å². The molecule has 4 rings (SSSR count). The van der Waals surface area contributed by atoms with E-state index in [4.69, 9.17) is 0 Å². The SMILES string of the molecule is CC(=O)NC(Cc1cc(F)cc(F)c1)C(O)CNC1(c2cccc(-c3cnccn3)c2)CCCCC1. The highest BCUT2D eigenvalue weighted by atomic mass is 19.1. The highest BCUT2D eigenvalue weighted by Gasteiger charge is 2.35. The zero-order valence-corrected chi connectivity index (χ0v) is 20.4. The van der Waals surface area contributed by atoms with E-state index in [9.17, 15) is 18.7 Å². The molecule has 1 aliphatic rings. The first-order valence-electron chi connectivity index (χ1n) is 12.4. The van der Waals surface area contributed by atoms with Crippen LogP contribution in [0.15, 0.2) is 61.1 Å². The van der Waals surface area contributed by atoms with Crippen molar-refractivity contribution in [1.82, 2.24) is 20.6 Å². The molecular weight excluding hydrogens is 462 g/mol. The van der Waals surface area contributed by atoms with Gasteiger partial charge in [-0.15, -0.1) is 0 Å². The molecule has 8 heteroatoms. The van der Waals surface area contributed by atoms with Crippen LogP contribution >= 0.6 is 0 Å². The van der Waals surface area contributed by atoms with Crippen LogP contribution in [0.2, 0.25) is 0 Å². The van der Waals surface area contributed by atoms with Crippen LogP contribution in [0.1, 0.15) is 50.2 Å². The van der Waals surface area contributed by atoms with Gasteiger partial charge in [0.1, 0.15) is 11.6 Å². The van der Waals surface area contributed by atoms with Crippen molar-refractivity contribution in [2.75, 3.05) is 6.54 Å². The summed E-state index contributed by atoms with van der Waals surface area (Å²) in [5, 5.41) is 17.5. The largest absolute Gasteiger partial charge is 0.390 e. The van der Waals surface area contributed by atoms with Gasteiger partial charge in [0.2, 0.25) is 5.91 Å². The van der Waals surface area contributed by atoms with E-state index in [1.165, 1.54) is 19.1 Å². The molecule has 1 aliphatic carbocycles. The third kappa shape index (κ3) is 6.50. The molecule has 0 bridgehead atoms. The zero-order chi connectivity index (χ0) is 25.5. The molecule has 2 atom stereocenters. The average Bonchev–Trinajstić information content (AvgIpc) is 2.87. The van der Waals surface area contributed by atoms with Crippen molar-refractivity contribution in [2.45, 2.75) is 63.1 Å². The minimum atomic E-state index is -0.970. The number of rotatable bonds is 9. The molecule has 1 amide bonds. The molecule has 6 nitrogen and oxygen atoms in total. The fourth-order valence-corrected chi connectivity index (χ4v) is 5.12. The lowest BCUT2D eigenvalue weighted by molar-refractivity contribution is -0.120. The summed E-state index contributed by atoms with van der Waals surface area (Å²) in [7, 11) is 0. The van der Waals surface area contributed by atoms with Crippen molar-refractivity contribution in [2.24, 2.45) is 0 Å². The molecule has 190 valence electrons. The van der Waals surface area contributed by atoms with Crippen molar-refractivity contribution in [3.8, 4) is 11.3 Å². The van der Waals surface area contributed by atoms with Crippen LogP contribution in [0.5, 0.6) is 0 Å². The molecule has 1 fully saturated rings. The van der Waals surface area contributed by atoms with Gasteiger partial charge in [0, 0.05) is 43.0 Å². The van der Waals surface area contributed by atoms with Crippen molar-refractivity contribution in [1.29, 1.82) is 0 Å². The number of aliphatic hydroxyl groups excluding tert-OH is 1. The summed E-state index contributed by atoms with van der Waals surface area (Å²) in [6.07, 6.45) is 9.24. The van der Waals surface area contributed by atoms with E-state index in [1.54, 1.807) is 18.6 Å². The molecule has 0 radical (unpaired) electrons. The van der Waals surface area contributed by atoms with E-state index in [-0.39, 0.29) is 24.4 Å². The fourth-order valence-electron chi connectivity index (χ4n) is 5.12. The van der Waals surface area contributed by atoms with Gasteiger partial charge in [-0.3, -0.25) is 14.8 Å². The number of carbonyl (C=O) groups excluding carboxylic acids is 1. The lowest BCUT2D eigenvalue weighted by atomic mass is 9.76. The highest BCUT2D eigenvalue weighted by molar-refractivity contribution is 5.73. The smallest absolute Gasteiger partial charge is 0.217 e. The molecule has 1 aromatic heterocycles. The summed E-state index contributed by atoms with van der Waals surface area (Å²) in [6.45, 7) is 1.57. The van der Waals surface area contributed by atoms with E-state index in [2.05, 4.69) is 32.7 Å². The number of halogens is 2. The van der Waals surface area contributed by atoms with E-state index >= 15 is 0 Å². The van der Waals surface area contributed by atoms with Crippen molar-refractivity contribution in [3.63, 3.8) is 0 Å². The lowest BCUT2D eigenvalue weighted by Crippen LogP contribution is -2.53. The second-order valence-electron chi connectivity index (χ2n) is 9.55. The summed E-state index contributed by atoms with van der Waals surface area (Å²) in [6, 6.07) is 10.8. The summed E-state index contributed by atoms with van der Waals surface area (Å²) in [5.41, 5.74) is 2.90. The Balaban J connectivity index is 1.54. The molecular formula is C28H32F2N4O2. The Morgan fingerprint density at radius 2 is 1.83 bits per heavy atom. The number of hydrogen-bond acceptors (Lipinski definition) is 5. The third-order valence-corrected chi connectivity index (χ3v) is 6.86. The monoisotopic (exact) mass is 494 g/mol. The summed E-state index contributed by atoms with van der Waals surface area (Å²) in [5.74, 6) is -1.70. The van der Waals surface area contributed by atoms with E-state index in [0.29, 0.717) is 5.56 Å². The number of hydrogen-bond donors (Lipinski definition) is 3. The molecule has 3 aromatic rings. The van der Waals surface area contributed by atoms with Gasteiger partial charge in [-0.25, -0.2) is 8.78 Å². The average molecular weight is 495 g/mol. The predicted octanol–water partition coefficient (Wildman–Crippen LogP) is 4.28. The standard InChI is InChI=1S/C28H32F2N4O2/c1-19(35)34-25(14-20-12-23(29)16-24(30)13-20)27(36)18-33-28(8-3-2-4-9-28)22-7-5-6-21(15-22)26-17-31-10-11-32-26/h5-7,10-13,15-17,25,27,33,36H,2-4,8-9,14,18H2,1H3,(H,34,35). The Kier molecular flexibility index (Phi) is 8.38. The van der Waals surface area contributed by atoms with Crippen LogP contribution in [-0.4, -0.2) is 39.7 Å². The number of amides is 1. The maximum atomic E-state index is 13.7. The maximum Gasteiger partial charge on any atom is 0.217 e. The fraction of sp³-hybridized carbons (Fsp3) is 0.393. The summed E-state index contributed by atoms with van der Waals surface area (Å²) in [4.78, 5) is 20.4. The first-order valence-corrected chi connectivity index (χ1v) is 12.4. The molecule has 36 heavy (non-hydrogen) atoms. The molecule has 0 aliphatic heterocycles. The second kappa shape index (κ2) is 11.7. The minimum absolute atomic E-state index is 0.103. The number of nitrogens with one attached hydrogen (secondary N) is 2. The van der Waals surface area contributed by atoms with Crippen LogP contribution in [0.25, 0.3) is 11.3 Å². The Hall–Kier alpha value is -3.23. The van der Waals surface area contributed by atoms with Crippen molar-refractivity contribution < 1.29 is 18.7 Å². The Morgan fingerprint density at radius 1 is 1.08 bits per heavy atom. The third-order valence-electron chi connectivity index (χ3n) is 6.86. The quantitative estimate of drug-likeness (QED) is 0.413. The van der Waals surface area contributed by atoms with Crippen LogP contribution in [0, 0.1) is 11.6 Å². The predicted molar refractivity (Wildman–Crippen MR) is 134 cm³/mol. The Bertz CT molecular complexity index is 1150. The molecule has 3 N–H and O–H groups in total. The second-order valence-corrected chi connectivity index (χ2v) is 9.55. The Labute approximate surface area is 210 Å². The highest BCUT2D eigenvalue weighted by Crippen LogP contribution is 2.38. The van der Waals surface area contributed by atoms with Crippen LogP contribution in [0.3, 0.4) is 0 Å². The first kappa shape index (κ1) is 25.9. The molecule has 0 saturated heterocycles. The minimum Gasteiger partial charge on any atom is -0.390 e. The number of aliphatic hydroxyl groups is 1. The van der Waals surface area contributed by atoms with Crippen LogP contribution in [0.4, 0.5) is 8.78 Å². The number of benzene rings is 2. The Morgan fingerprint density at radius 3 is 2.50 bits per heavy atom. The van der Waals surface area contributed by atoms with Gasteiger partial charge in [0.15, 0.2) is 0 Å². The molecule has 2 aromatic carbocycles. The van der Waals surface area contributed by atoms with E-state index in [0.717, 1.165) is 55.0 Å². The van der Waals surface area contributed by atoms with Crippen molar-refractivity contribution >= 4 is 5.91 Å². The van der Waals surface area contributed by atoms with Gasteiger partial charge in [0.25, 0.3) is 0 Å². The van der Waals surface area contributed by atoms with Crippen LogP contribution < -0.4 is 10.6 Å². The molecule has 2 unspecified atom stereocenters. The van der Waals surface area contributed by atoms with Crippen molar-refractivity contribution in [3.05, 3.63) is 83.8 Å². The van der Waals surface area contributed by atoms with Gasteiger partial charge in [-0.1, -0.05) is 37.5 Å². The lowest BCUT2D eigenvalue weighted by Gasteiger charge is -2.40. The number of nitrogens with zero attached hydrogens (tertiary/aromatic N) is 2. The topological polar surface area (TPSA) is 87.1 Å². The number of carbonyl (C=O) groups is 1. The number of aromatic nitrogens is 2. The van der Waals surface area contributed by atoms with Gasteiger partial charge >= 0.3 is 0 Å². The van der Waals surface area contributed by atoms with Gasteiger partial charge < -0.3 is 15.7 Å². The van der Waals surface area contributed by atoms with E-state index < -0.39 is 23.8 Å². The van der Waals surface area contributed by atoms with Gasteiger partial charge in [-0.05, 0) is 48.6 Å². The normalized spacial score (nSPS) is 16.8. The summed E-state index contributed by atoms with van der Waals surface area (Å²) >= 11 is 0. The maximum absolute atomic E-state index is 13.7. The molecule has 0 spiro atoms. The zero-order valence-electron chi connectivity index (χ0n) is 20.4.